The summed E-state index contributed by atoms with van der Waals surface area (Å²) in [6.07, 6.45) is 1.53. The van der Waals surface area contributed by atoms with Crippen LogP contribution in [0.5, 0.6) is 5.75 Å². The van der Waals surface area contributed by atoms with E-state index in [2.05, 4.69) is 11.3 Å². The van der Waals surface area contributed by atoms with Crippen molar-refractivity contribution >= 4 is 12.4 Å². The first-order valence-corrected chi connectivity index (χ1v) is 4.06. The molecule has 0 saturated heterocycles. The molecule has 0 aliphatic rings. The molecular formula is C10H12ClF2NO. The van der Waals surface area contributed by atoms with E-state index in [9.17, 15) is 8.78 Å². The number of halogens is 3. The Morgan fingerprint density at radius 3 is 2.60 bits per heavy atom. The van der Waals surface area contributed by atoms with Crippen LogP contribution in [0.25, 0.3) is 0 Å². The highest BCUT2D eigenvalue weighted by Crippen LogP contribution is 2.19. The lowest BCUT2D eigenvalue weighted by Gasteiger charge is -2.09. The fourth-order valence-electron chi connectivity index (χ4n) is 1.03. The number of hydrogen-bond donors (Lipinski definition) is 1. The van der Waals surface area contributed by atoms with Crippen LogP contribution >= 0.6 is 12.4 Å². The van der Waals surface area contributed by atoms with Crippen LogP contribution < -0.4 is 10.5 Å². The Bertz CT molecular complexity index is 320. The molecule has 1 rings (SSSR count). The number of rotatable bonds is 4. The maximum absolute atomic E-state index is 11.9. The fourth-order valence-corrected chi connectivity index (χ4v) is 1.03. The molecule has 0 aliphatic heterocycles. The number of ether oxygens (including phenoxy) is 1. The minimum Gasteiger partial charge on any atom is -0.435 e. The van der Waals surface area contributed by atoms with Crippen LogP contribution in [0.3, 0.4) is 0 Å². The summed E-state index contributed by atoms with van der Waals surface area (Å²) in [5.74, 6) is 0.106. The molecule has 15 heavy (non-hydrogen) atoms. The predicted octanol–water partition coefficient (Wildman–Crippen LogP) is 2.90. The highest BCUT2D eigenvalue weighted by Gasteiger charge is 2.06. The van der Waals surface area contributed by atoms with Crippen LogP contribution in [0, 0.1) is 0 Å². The molecule has 0 unspecified atom stereocenters. The zero-order valence-corrected chi connectivity index (χ0v) is 8.71. The van der Waals surface area contributed by atoms with Gasteiger partial charge in [0.2, 0.25) is 0 Å². The Morgan fingerprint density at radius 2 is 2.07 bits per heavy atom. The van der Waals surface area contributed by atoms with Crippen molar-refractivity contribution < 1.29 is 13.5 Å². The summed E-state index contributed by atoms with van der Waals surface area (Å²) in [6.45, 7) is 0.699. The molecule has 0 spiro atoms. The van der Waals surface area contributed by atoms with E-state index in [0.29, 0.717) is 5.56 Å². The van der Waals surface area contributed by atoms with E-state index < -0.39 is 6.61 Å². The Morgan fingerprint density at radius 1 is 1.40 bits per heavy atom. The monoisotopic (exact) mass is 235 g/mol. The largest absolute Gasteiger partial charge is 0.435 e. The van der Waals surface area contributed by atoms with Crippen molar-refractivity contribution in [1.82, 2.24) is 0 Å². The van der Waals surface area contributed by atoms with Crippen molar-refractivity contribution in [2.75, 3.05) is 0 Å². The molecule has 5 heteroatoms. The summed E-state index contributed by atoms with van der Waals surface area (Å²) in [4.78, 5) is 0. The van der Waals surface area contributed by atoms with E-state index in [0.717, 1.165) is 0 Å². The Kier molecular flexibility index (Phi) is 5.89. The summed E-state index contributed by atoms with van der Waals surface area (Å²) in [7, 11) is 0. The van der Waals surface area contributed by atoms with E-state index in [1.165, 1.54) is 18.2 Å². The van der Waals surface area contributed by atoms with E-state index in [1.807, 2.05) is 0 Å². The molecule has 0 bridgehead atoms. The van der Waals surface area contributed by atoms with Crippen LogP contribution in [-0.2, 0) is 0 Å². The molecule has 0 saturated carbocycles. The van der Waals surface area contributed by atoms with Gasteiger partial charge < -0.3 is 10.5 Å². The molecule has 0 heterocycles. The SMILES string of the molecule is C=C[C@@H](N)c1cccc(OC(F)F)c1.Cl. The molecule has 0 aliphatic carbocycles. The first-order valence-electron chi connectivity index (χ1n) is 4.06. The van der Waals surface area contributed by atoms with Gasteiger partial charge in [0.15, 0.2) is 0 Å². The normalized spacial score (nSPS) is 11.7. The number of nitrogens with two attached hydrogens (primary N) is 1. The molecule has 0 fully saturated rings. The second-order valence-electron chi connectivity index (χ2n) is 2.71. The topological polar surface area (TPSA) is 35.2 Å². The lowest BCUT2D eigenvalue weighted by atomic mass is 10.1. The lowest BCUT2D eigenvalue weighted by molar-refractivity contribution is -0.0498. The number of benzene rings is 1. The Hall–Kier alpha value is -1.13. The molecule has 2 nitrogen and oxygen atoms in total. The van der Waals surface area contributed by atoms with E-state index in [-0.39, 0.29) is 24.2 Å². The summed E-state index contributed by atoms with van der Waals surface area (Å²) in [5, 5.41) is 0. The van der Waals surface area contributed by atoms with Gasteiger partial charge in [-0.3, -0.25) is 0 Å². The minimum absolute atomic E-state index is 0. The van der Waals surface area contributed by atoms with E-state index in [4.69, 9.17) is 5.73 Å². The van der Waals surface area contributed by atoms with Gasteiger partial charge in [-0.25, -0.2) is 0 Å². The van der Waals surface area contributed by atoms with Crippen LogP contribution in [-0.4, -0.2) is 6.61 Å². The zero-order valence-electron chi connectivity index (χ0n) is 7.90. The first kappa shape index (κ1) is 13.9. The highest BCUT2D eigenvalue weighted by atomic mass is 35.5. The van der Waals surface area contributed by atoms with Gasteiger partial charge in [-0.1, -0.05) is 18.2 Å². The lowest BCUT2D eigenvalue weighted by Crippen LogP contribution is -2.07. The maximum atomic E-state index is 11.9. The van der Waals surface area contributed by atoms with Crippen LogP contribution in [0.2, 0.25) is 0 Å². The molecule has 0 radical (unpaired) electrons. The first-order chi connectivity index (χ1) is 6.63. The third-order valence-corrected chi connectivity index (χ3v) is 1.72. The molecule has 0 aromatic heterocycles. The molecule has 1 aromatic rings. The predicted molar refractivity (Wildman–Crippen MR) is 57.4 cm³/mol. The third kappa shape index (κ3) is 4.27. The Labute approximate surface area is 93.1 Å². The molecule has 1 aromatic carbocycles. The average Bonchev–Trinajstić information content (AvgIpc) is 2.16. The second-order valence-corrected chi connectivity index (χ2v) is 2.71. The standard InChI is InChI=1S/C10H11F2NO.ClH/c1-2-9(13)7-4-3-5-8(6-7)14-10(11)12;/h2-6,9-10H,1,13H2;1H/t9-;/m1./s1. The quantitative estimate of drug-likeness (QED) is 0.815. The van der Waals surface area contributed by atoms with Gasteiger partial charge in [0.1, 0.15) is 5.75 Å². The van der Waals surface area contributed by atoms with E-state index >= 15 is 0 Å². The van der Waals surface area contributed by atoms with Gasteiger partial charge in [0.25, 0.3) is 0 Å². The molecule has 2 N–H and O–H groups in total. The summed E-state index contributed by atoms with van der Waals surface area (Å²) < 4.78 is 27.9. The fraction of sp³-hybridized carbons (Fsp3) is 0.200. The van der Waals surface area contributed by atoms with Crippen LogP contribution in [0.15, 0.2) is 36.9 Å². The van der Waals surface area contributed by atoms with Crippen molar-refractivity contribution in [1.29, 1.82) is 0 Å². The minimum atomic E-state index is -2.81. The van der Waals surface area contributed by atoms with E-state index in [1.54, 1.807) is 12.1 Å². The number of alkyl halides is 2. The number of hydrogen-bond acceptors (Lipinski definition) is 2. The van der Waals surface area contributed by atoms with Crippen molar-refractivity contribution in [3.05, 3.63) is 42.5 Å². The summed E-state index contributed by atoms with van der Waals surface area (Å²) >= 11 is 0. The highest BCUT2D eigenvalue weighted by molar-refractivity contribution is 5.85. The van der Waals surface area contributed by atoms with Gasteiger partial charge in [-0.15, -0.1) is 19.0 Å². The zero-order chi connectivity index (χ0) is 10.6. The maximum Gasteiger partial charge on any atom is 0.387 e. The summed E-state index contributed by atoms with van der Waals surface area (Å²) in [5.41, 5.74) is 6.33. The molecular weight excluding hydrogens is 224 g/mol. The van der Waals surface area contributed by atoms with Gasteiger partial charge in [-0.2, -0.15) is 8.78 Å². The smallest absolute Gasteiger partial charge is 0.387 e. The van der Waals surface area contributed by atoms with Crippen LogP contribution in [0.4, 0.5) is 8.78 Å². The van der Waals surface area contributed by atoms with Crippen molar-refractivity contribution in [2.45, 2.75) is 12.7 Å². The van der Waals surface area contributed by atoms with Crippen LogP contribution in [0.1, 0.15) is 11.6 Å². The second kappa shape index (κ2) is 6.37. The molecule has 84 valence electrons. The van der Waals surface area contributed by atoms with Crippen molar-refractivity contribution in [2.24, 2.45) is 5.73 Å². The van der Waals surface area contributed by atoms with Gasteiger partial charge in [0, 0.05) is 6.04 Å². The Balaban J connectivity index is 0.00000196. The average molecular weight is 236 g/mol. The van der Waals surface area contributed by atoms with Gasteiger partial charge in [0.05, 0.1) is 0 Å². The third-order valence-electron chi connectivity index (χ3n) is 1.72. The van der Waals surface area contributed by atoms with Gasteiger partial charge in [-0.05, 0) is 17.7 Å². The summed E-state index contributed by atoms with van der Waals surface area (Å²) in [6, 6.07) is 5.89. The molecule has 1 atom stereocenters. The molecule has 0 amide bonds. The van der Waals surface area contributed by atoms with Crippen molar-refractivity contribution in [3.8, 4) is 5.75 Å². The van der Waals surface area contributed by atoms with Gasteiger partial charge >= 0.3 is 6.61 Å². The van der Waals surface area contributed by atoms with Crippen molar-refractivity contribution in [3.63, 3.8) is 0 Å².